The molecule has 0 aliphatic heterocycles. The number of halogens is 3. The van der Waals surface area contributed by atoms with Crippen molar-refractivity contribution in [1.82, 2.24) is 4.98 Å². The standard InChI is InChI=1S/C9H7F3N2O4/c1-17-7-6(18-8(13)16)4(3-15)5(2-14-7)9(10,11)12/h2-3H,1H3,(H2,13,16). The van der Waals surface area contributed by atoms with E-state index in [1.54, 1.807) is 0 Å². The van der Waals surface area contributed by atoms with Gasteiger partial charge in [0.15, 0.2) is 6.29 Å². The highest BCUT2D eigenvalue weighted by molar-refractivity contribution is 5.85. The van der Waals surface area contributed by atoms with Crippen LogP contribution in [-0.4, -0.2) is 24.5 Å². The summed E-state index contributed by atoms with van der Waals surface area (Å²) in [5, 5.41) is 0. The van der Waals surface area contributed by atoms with Crippen LogP contribution >= 0.6 is 0 Å². The van der Waals surface area contributed by atoms with Crippen LogP contribution in [0.2, 0.25) is 0 Å². The fraction of sp³-hybridized carbons (Fsp3) is 0.222. The van der Waals surface area contributed by atoms with Crippen molar-refractivity contribution >= 4 is 12.4 Å². The molecule has 1 rings (SSSR count). The number of carbonyl (C=O) groups is 2. The second kappa shape index (κ2) is 4.90. The predicted molar refractivity (Wildman–Crippen MR) is 51.4 cm³/mol. The van der Waals surface area contributed by atoms with Crippen LogP contribution in [0.4, 0.5) is 18.0 Å². The lowest BCUT2D eigenvalue weighted by atomic mass is 10.1. The second-order valence-electron chi connectivity index (χ2n) is 2.96. The Bertz CT molecular complexity index is 487. The van der Waals surface area contributed by atoms with Crippen LogP contribution in [0, 0.1) is 0 Å². The zero-order valence-corrected chi connectivity index (χ0v) is 8.95. The van der Waals surface area contributed by atoms with Crippen molar-refractivity contribution in [3.05, 3.63) is 17.3 Å². The maximum Gasteiger partial charge on any atom is 0.418 e. The molecule has 0 unspecified atom stereocenters. The minimum Gasteiger partial charge on any atom is -0.478 e. The van der Waals surface area contributed by atoms with Crippen molar-refractivity contribution in [2.75, 3.05) is 7.11 Å². The molecule has 0 atom stereocenters. The zero-order valence-electron chi connectivity index (χ0n) is 8.95. The summed E-state index contributed by atoms with van der Waals surface area (Å²) in [5.41, 5.74) is 2.43. The minimum atomic E-state index is -4.83. The molecular weight excluding hydrogens is 257 g/mol. The Hall–Kier alpha value is -2.32. The van der Waals surface area contributed by atoms with Gasteiger partial charge in [-0.25, -0.2) is 9.78 Å². The van der Waals surface area contributed by atoms with Crippen molar-refractivity contribution in [2.24, 2.45) is 5.73 Å². The monoisotopic (exact) mass is 264 g/mol. The molecule has 0 aliphatic rings. The molecule has 0 aromatic carbocycles. The first-order valence-electron chi connectivity index (χ1n) is 4.38. The van der Waals surface area contributed by atoms with Gasteiger partial charge in [0.2, 0.25) is 5.75 Å². The summed E-state index contributed by atoms with van der Waals surface area (Å²) in [5.74, 6) is -1.22. The topological polar surface area (TPSA) is 91.5 Å². The molecule has 0 bridgehead atoms. The van der Waals surface area contributed by atoms with Crippen molar-refractivity contribution in [3.8, 4) is 11.6 Å². The van der Waals surface area contributed by atoms with Crippen LogP contribution in [0.3, 0.4) is 0 Å². The Labute approximate surface area is 98.5 Å². The smallest absolute Gasteiger partial charge is 0.418 e. The number of methoxy groups -OCH3 is 1. The van der Waals surface area contributed by atoms with Crippen LogP contribution < -0.4 is 15.2 Å². The average molecular weight is 264 g/mol. The third-order valence-electron chi connectivity index (χ3n) is 1.86. The summed E-state index contributed by atoms with van der Waals surface area (Å²) in [6, 6.07) is 0. The van der Waals surface area contributed by atoms with Crippen molar-refractivity contribution in [2.45, 2.75) is 6.18 Å². The van der Waals surface area contributed by atoms with Gasteiger partial charge in [-0.3, -0.25) is 4.79 Å². The van der Waals surface area contributed by atoms with Gasteiger partial charge in [0.1, 0.15) is 0 Å². The van der Waals surface area contributed by atoms with Gasteiger partial charge in [-0.2, -0.15) is 13.2 Å². The second-order valence-corrected chi connectivity index (χ2v) is 2.96. The SMILES string of the molecule is COc1ncc(C(F)(F)F)c(C=O)c1OC(N)=O. The van der Waals surface area contributed by atoms with Gasteiger partial charge in [0.05, 0.1) is 18.2 Å². The summed E-state index contributed by atoms with van der Waals surface area (Å²) in [4.78, 5) is 24.6. The van der Waals surface area contributed by atoms with E-state index in [4.69, 9.17) is 0 Å². The molecule has 18 heavy (non-hydrogen) atoms. The molecular formula is C9H7F3N2O4. The number of nitrogens with two attached hydrogens (primary N) is 1. The number of nitrogens with zero attached hydrogens (tertiary/aromatic N) is 1. The van der Waals surface area contributed by atoms with E-state index in [9.17, 15) is 22.8 Å². The van der Waals surface area contributed by atoms with Crippen LogP contribution in [0.5, 0.6) is 11.6 Å². The Morgan fingerprint density at radius 2 is 2.11 bits per heavy atom. The van der Waals surface area contributed by atoms with Crippen LogP contribution in [0.25, 0.3) is 0 Å². The fourth-order valence-corrected chi connectivity index (χ4v) is 1.18. The minimum absolute atomic E-state index is 0.120. The third-order valence-corrected chi connectivity index (χ3v) is 1.86. The molecule has 0 spiro atoms. The van der Waals surface area contributed by atoms with Gasteiger partial charge >= 0.3 is 12.3 Å². The van der Waals surface area contributed by atoms with Crippen LogP contribution in [-0.2, 0) is 6.18 Å². The van der Waals surface area contributed by atoms with E-state index in [0.717, 1.165) is 7.11 Å². The van der Waals surface area contributed by atoms with Crippen molar-refractivity contribution in [1.29, 1.82) is 0 Å². The molecule has 0 saturated carbocycles. The Morgan fingerprint density at radius 3 is 2.50 bits per heavy atom. The van der Waals surface area contributed by atoms with Crippen molar-refractivity contribution in [3.63, 3.8) is 0 Å². The zero-order chi connectivity index (χ0) is 13.9. The lowest BCUT2D eigenvalue weighted by Gasteiger charge is -2.14. The van der Waals surface area contributed by atoms with Gasteiger partial charge in [0, 0.05) is 6.20 Å². The number of aromatic nitrogens is 1. The number of primary amides is 1. The molecule has 2 N–H and O–H groups in total. The molecule has 6 nitrogen and oxygen atoms in total. The van der Waals surface area contributed by atoms with Gasteiger partial charge in [-0.1, -0.05) is 0 Å². The molecule has 9 heteroatoms. The molecule has 0 aliphatic carbocycles. The number of ether oxygens (including phenoxy) is 2. The predicted octanol–water partition coefficient (Wildman–Crippen LogP) is 1.38. The van der Waals surface area contributed by atoms with E-state index < -0.39 is 35.0 Å². The van der Waals surface area contributed by atoms with E-state index in [1.165, 1.54) is 0 Å². The number of carbonyl (C=O) groups excluding carboxylic acids is 2. The highest BCUT2D eigenvalue weighted by Gasteiger charge is 2.37. The van der Waals surface area contributed by atoms with E-state index in [-0.39, 0.29) is 6.29 Å². The number of hydrogen-bond acceptors (Lipinski definition) is 5. The molecule has 98 valence electrons. The maximum atomic E-state index is 12.6. The lowest BCUT2D eigenvalue weighted by molar-refractivity contribution is -0.138. The molecule has 0 fully saturated rings. The molecule has 1 aromatic rings. The first-order chi connectivity index (χ1) is 8.31. The summed E-state index contributed by atoms with van der Waals surface area (Å²) in [6.45, 7) is 0. The normalized spacial score (nSPS) is 10.9. The highest BCUT2D eigenvalue weighted by Crippen LogP contribution is 2.38. The largest absolute Gasteiger partial charge is 0.478 e. The number of pyridine rings is 1. The summed E-state index contributed by atoms with van der Waals surface area (Å²) in [7, 11) is 1.08. The number of aldehydes is 1. The average Bonchev–Trinajstić information content (AvgIpc) is 2.26. The van der Waals surface area contributed by atoms with Gasteiger partial charge in [-0.05, 0) is 0 Å². The summed E-state index contributed by atoms with van der Waals surface area (Å²) in [6.07, 6.45) is -5.94. The molecule has 0 radical (unpaired) electrons. The van der Waals surface area contributed by atoms with Gasteiger partial charge in [0.25, 0.3) is 5.88 Å². The van der Waals surface area contributed by atoms with E-state index in [2.05, 4.69) is 20.2 Å². The van der Waals surface area contributed by atoms with E-state index >= 15 is 0 Å². The third kappa shape index (κ3) is 2.67. The molecule has 1 aromatic heterocycles. The van der Waals surface area contributed by atoms with E-state index in [1.807, 2.05) is 0 Å². The first kappa shape index (κ1) is 13.7. The number of alkyl halides is 3. The Morgan fingerprint density at radius 1 is 1.50 bits per heavy atom. The molecule has 1 amide bonds. The molecule has 1 heterocycles. The quantitative estimate of drug-likeness (QED) is 0.832. The summed E-state index contributed by atoms with van der Waals surface area (Å²) >= 11 is 0. The number of rotatable bonds is 3. The van der Waals surface area contributed by atoms with Crippen LogP contribution in [0.1, 0.15) is 15.9 Å². The Balaban J connectivity index is 3.51. The van der Waals surface area contributed by atoms with Gasteiger partial charge in [-0.15, -0.1) is 0 Å². The Kier molecular flexibility index (Phi) is 3.74. The highest BCUT2D eigenvalue weighted by atomic mass is 19.4. The van der Waals surface area contributed by atoms with E-state index in [0.29, 0.717) is 6.20 Å². The maximum absolute atomic E-state index is 12.6. The fourth-order valence-electron chi connectivity index (χ4n) is 1.18. The first-order valence-corrected chi connectivity index (χ1v) is 4.38. The summed E-state index contributed by atoms with van der Waals surface area (Å²) < 4.78 is 46.6. The molecule has 0 saturated heterocycles. The van der Waals surface area contributed by atoms with Crippen LogP contribution in [0.15, 0.2) is 6.20 Å². The number of hydrogen-bond donors (Lipinski definition) is 1. The lowest BCUT2D eigenvalue weighted by Crippen LogP contribution is -2.20. The number of amides is 1. The van der Waals surface area contributed by atoms with Gasteiger partial charge < -0.3 is 15.2 Å². The van der Waals surface area contributed by atoms with Crippen molar-refractivity contribution < 1.29 is 32.2 Å².